The first-order valence-corrected chi connectivity index (χ1v) is 7.28. The summed E-state index contributed by atoms with van der Waals surface area (Å²) in [5, 5.41) is 0. The first-order chi connectivity index (χ1) is 10.1. The second-order valence-corrected chi connectivity index (χ2v) is 5.65. The number of benzene rings is 1. The zero-order valence-corrected chi connectivity index (χ0v) is 11.7. The quantitative estimate of drug-likeness (QED) is 0.940. The van der Waals surface area contributed by atoms with Crippen molar-refractivity contribution in [2.45, 2.75) is 37.6 Å². The van der Waals surface area contributed by atoms with Crippen molar-refractivity contribution < 1.29 is 8.78 Å². The minimum absolute atomic E-state index is 0.138. The van der Waals surface area contributed by atoms with Gasteiger partial charge in [0.25, 0.3) is 0 Å². The molecule has 0 bridgehead atoms. The minimum atomic E-state index is -0.561. The van der Waals surface area contributed by atoms with Crippen LogP contribution in [0.4, 0.5) is 8.78 Å². The predicted octanol–water partition coefficient (Wildman–Crippen LogP) is 3.35. The summed E-state index contributed by atoms with van der Waals surface area (Å²) in [6, 6.07) is 7.48. The molecule has 2 atom stereocenters. The largest absolute Gasteiger partial charge is 0.327 e. The van der Waals surface area contributed by atoms with E-state index >= 15 is 0 Å². The maximum absolute atomic E-state index is 13.8. The fourth-order valence-electron chi connectivity index (χ4n) is 3.15. The van der Waals surface area contributed by atoms with Gasteiger partial charge >= 0.3 is 0 Å². The minimum Gasteiger partial charge on any atom is -0.327 e. The number of hydrogen-bond donors (Lipinski definition) is 1. The maximum Gasteiger partial charge on any atom is 0.129 e. The molecule has 1 aliphatic rings. The molecule has 0 saturated heterocycles. The molecule has 0 radical (unpaired) electrons. The molecule has 2 N–H and O–H groups in total. The summed E-state index contributed by atoms with van der Waals surface area (Å²) in [7, 11) is 0. The van der Waals surface area contributed by atoms with Gasteiger partial charge in [-0.3, -0.25) is 4.98 Å². The summed E-state index contributed by atoms with van der Waals surface area (Å²) in [4.78, 5) is 4.47. The molecule has 1 aromatic heterocycles. The van der Waals surface area contributed by atoms with Crippen LogP contribution in [0.1, 0.15) is 35.6 Å². The van der Waals surface area contributed by atoms with Gasteiger partial charge in [0.2, 0.25) is 0 Å². The van der Waals surface area contributed by atoms with E-state index in [-0.39, 0.29) is 12.0 Å². The molecule has 0 amide bonds. The highest BCUT2D eigenvalue weighted by molar-refractivity contribution is 5.28. The molecule has 2 aromatic rings. The van der Waals surface area contributed by atoms with Gasteiger partial charge in [0.1, 0.15) is 11.6 Å². The van der Waals surface area contributed by atoms with Crippen LogP contribution in [0.2, 0.25) is 0 Å². The molecule has 1 heterocycles. The second kappa shape index (κ2) is 5.90. The van der Waals surface area contributed by atoms with E-state index in [4.69, 9.17) is 5.73 Å². The van der Waals surface area contributed by atoms with Crippen molar-refractivity contribution in [2.24, 2.45) is 5.73 Å². The molecule has 110 valence electrons. The molecule has 0 aliphatic heterocycles. The molecule has 0 fully saturated rings. The van der Waals surface area contributed by atoms with Crippen molar-refractivity contribution in [2.75, 3.05) is 0 Å². The van der Waals surface area contributed by atoms with E-state index < -0.39 is 11.6 Å². The summed E-state index contributed by atoms with van der Waals surface area (Å²) in [6.07, 6.45) is 5.24. The van der Waals surface area contributed by atoms with Gasteiger partial charge in [-0.1, -0.05) is 12.1 Å². The Morgan fingerprint density at radius 3 is 2.95 bits per heavy atom. The average molecular weight is 288 g/mol. The zero-order valence-electron chi connectivity index (χ0n) is 11.7. The van der Waals surface area contributed by atoms with Crippen molar-refractivity contribution in [1.29, 1.82) is 0 Å². The van der Waals surface area contributed by atoms with Gasteiger partial charge in [-0.25, -0.2) is 8.78 Å². The monoisotopic (exact) mass is 288 g/mol. The molecular weight excluding hydrogens is 270 g/mol. The Kier molecular flexibility index (Phi) is 3.97. The lowest BCUT2D eigenvalue weighted by Gasteiger charge is -2.29. The number of halogens is 2. The van der Waals surface area contributed by atoms with Crippen molar-refractivity contribution >= 4 is 0 Å². The van der Waals surface area contributed by atoms with E-state index in [1.165, 1.54) is 17.7 Å². The molecule has 0 spiro atoms. The van der Waals surface area contributed by atoms with Gasteiger partial charge in [0.05, 0.1) is 0 Å². The number of nitrogens with two attached hydrogens (primary N) is 1. The first kappa shape index (κ1) is 14.1. The lowest BCUT2D eigenvalue weighted by Crippen LogP contribution is -2.33. The van der Waals surface area contributed by atoms with Crippen LogP contribution in [0.3, 0.4) is 0 Å². The standard InChI is InChI=1S/C17H18F2N2/c18-13-7-6-12(15(19)10-13)9-16(20)14-5-1-3-11-4-2-8-21-17(11)14/h2,4,6-8,10,14,16H,1,3,5,9,20H2. The summed E-state index contributed by atoms with van der Waals surface area (Å²) < 4.78 is 26.7. The molecular formula is C17H18F2N2. The van der Waals surface area contributed by atoms with Crippen LogP contribution in [0.15, 0.2) is 36.5 Å². The van der Waals surface area contributed by atoms with Crippen molar-refractivity contribution in [3.63, 3.8) is 0 Å². The van der Waals surface area contributed by atoms with Crippen molar-refractivity contribution in [3.05, 3.63) is 65.0 Å². The summed E-state index contributed by atoms with van der Waals surface area (Å²) in [5.74, 6) is -0.948. The topological polar surface area (TPSA) is 38.9 Å². The molecule has 21 heavy (non-hydrogen) atoms. The highest BCUT2D eigenvalue weighted by Gasteiger charge is 2.27. The molecule has 1 aromatic carbocycles. The molecule has 0 saturated carbocycles. The molecule has 4 heteroatoms. The summed E-state index contributed by atoms with van der Waals surface area (Å²) >= 11 is 0. The Hall–Kier alpha value is -1.81. The SMILES string of the molecule is NC(Cc1ccc(F)cc1F)C1CCCc2cccnc21. The van der Waals surface area contributed by atoms with Gasteiger partial charge in [0, 0.05) is 29.9 Å². The van der Waals surface area contributed by atoms with Gasteiger partial charge in [-0.15, -0.1) is 0 Å². The molecule has 1 aliphatic carbocycles. The van der Waals surface area contributed by atoms with Gasteiger partial charge in [0.15, 0.2) is 0 Å². The maximum atomic E-state index is 13.8. The average Bonchev–Trinajstić information content (AvgIpc) is 2.49. The van der Waals surface area contributed by atoms with Crippen LogP contribution in [0.5, 0.6) is 0 Å². The van der Waals surface area contributed by atoms with Crippen molar-refractivity contribution in [1.82, 2.24) is 4.98 Å². The van der Waals surface area contributed by atoms with Gasteiger partial charge in [-0.2, -0.15) is 0 Å². The van der Waals surface area contributed by atoms with Crippen LogP contribution in [0.25, 0.3) is 0 Å². The highest BCUT2D eigenvalue weighted by Crippen LogP contribution is 2.32. The van der Waals surface area contributed by atoms with E-state index in [1.54, 1.807) is 6.20 Å². The second-order valence-electron chi connectivity index (χ2n) is 5.65. The van der Waals surface area contributed by atoms with E-state index in [1.807, 2.05) is 6.07 Å². The third-order valence-electron chi connectivity index (χ3n) is 4.23. The Morgan fingerprint density at radius 2 is 2.14 bits per heavy atom. The Morgan fingerprint density at radius 1 is 1.29 bits per heavy atom. The lowest BCUT2D eigenvalue weighted by molar-refractivity contribution is 0.443. The Bertz CT molecular complexity index is 642. The molecule has 2 unspecified atom stereocenters. The number of hydrogen-bond acceptors (Lipinski definition) is 2. The van der Waals surface area contributed by atoms with Gasteiger partial charge < -0.3 is 5.73 Å². The van der Waals surface area contributed by atoms with Crippen LogP contribution >= 0.6 is 0 Å². The number of fused-ring (bicyclic) bond motifs is 1. The lowest BCUT2D eigenvalue weighted by atomic mass is 9.80. The van der Waals surface area contributed by atoms with E-state index in [0.717, 1.165) is 31.0 Å². The van der Waals surface area contributed by atoms with E-state index in [0.29, 0.717) is 12.0 Å². The smallest absolute Gasteiger partial charge is 0.129 e. The summed E-state index contributed by atoms with van der Waals surface area (Å²) in [5.41, 5.74) is 9.05. The Balaban J connectivity index is 1.81. The van der Waals surface area contributed by atoms with Crippen LogP contribution in [0, 0.1) is 11.6 Å². The molecule has 3 rings (SSSR count). The number of aryl methyl sites for hydroxylation is 1. The fraction of sp³-hybridized carbons (Fsp3) is 0.353. The first-order valence-electron chi connectivity index (χ1n) is 7.28. The van der Waals surface area contributed by atoms with Crippen molar-refractivity contribution in [3.8, 4) is 0 Å². The molecule has 2 nitrogen and oxygen atoms in total. The van der Waals surface area contributed by atoms with E-state index in [9.17, 15) is 8.78 Å². The number of aromatic nitrogens is 1. The number of pyridine rings is 1. The van der Waals surface area contributed by atoms with Gasteiger partial charge in [-0.05, 0) is 48.9 Å². The van der Waals surface area contributed by atoms with E-state index in [2.05, 4.69) is 11.1 Å². The fourth-order valence-corrected chi connectivity index (χ4v) is 3.15. The highest BCUT2D eigenvalue weighted by atomic mass is 19.1. The van der Waals surface area contributed by atoms with Crippen LogP contribution in [-0.2, 0) is 12.8 Å². The number of nitrogens with zero attached hydrogens (tertiary/aromatic N) is 1. The Labute approximate surface area is 123 Å². The third kappa shape index (κ3) is 2.95. The normalized spacial score (nSPS) is 19.1. The van der Waals surface area contributed by atoms with Crippen LogP contribution in [-0.4, -0.2) is 11.0 Å². The summed E-state index contributed by atoms with van der Waals surface area (Å²) in [6.45, 7) is 0. The number of rotatable bonds is 3. The third-order valence-corrected chi connectivity index (χ3v) is 4.23. The zero-order chi connectivity index (χ0) is 14.8. The predicted molar refractivity (Wildman–Crippen MR) is 78.0 cm³/mol. The van der Waals surface area contributed by atoms with Crippen LogP contribution < -0.4 is 5.73 Å².